The zero-order valence-electron chi connectivity index (χ0n) is 10.6. The molecule has 0 unspecified atom stereocenters. The topological polar surface area (TPSA) is 41.1 Å². The number of carbonyl (C=O) groups excluding carboxylic acids is 1. The van der Waals surface area contributed by atoms with E-state index in [1.807, 2.05) is 43.3 Å². The molecule has 2 N–H and O–H groups in total. The molecule has 2 rings (SSSR count). The van der Waals surface area contributed by atoms with Crippen LogP contribution in [0.25, 0.3) is 0 Å². The van der Waals surface area contributed by atoms with Gasteiger partial charge in [0.15, 0.2) is 0 Å². The zero-order chi connectivity index (χ0) is 13.7. The van der Waals surface area contributed by atoms with Crippen molar-refractivity contribution in [2.75, 3.05) is 5.32 Å². The predicted octanol–water partition coefficient (Wildman–Crippen LogP) is 3.97. The Bertz CT molecular complexity index is 584. The molecule has 0 atom stereocenters. The molecule has 0 radical (unpaired) electrons. The Balaban J connectivity index is 1.92. The van der Waals surface area contributed by atoms with Crippen molar-refractivity contribution in [3.63, 3.8) is 0 Å². The average Bonchev–Trinajstić information content (AvgIpc) is 2.40. The maximum absolute atomic E-state index is 11.8. The lowest BCUT2D eigenvalue weighted by molar-refractivity contribution is 0.251. The standard InChI is InChI=1S/C15H15ClN2O/c1-11-6-2-3-7-12(11)10-17-15(19)18-14-9-5-4-8-13(14)16/h2-9H,10H2,1H3,(H2,17,18,19). The van der Waals surface area contributed by atoms with E-state index in [9.17, 15) is 4.79 Å². The number of urea groups is 1. The van der Waals surface area contributed by atoms with Crippen molar-refractivity contribution in [2.45, 2.75) is 13.5 Å². The highest BCUT2D eigenvalue weighted by Gasteiger charge is 2.05. The number of halogens is 1. The van der Waals surface area contributed by atoms with Crippen LogP contribution < -0.4 is 10.6 Å². The van der Waals surface area contributed by atoms with Crippen LogP contribution in [0.2, 0.25) is 5.02 Å². The largest absolute Gasteiger partial charge is 0.334 e. The first kappa shape index (κ1) is 13.4. The lowest BCUT2D eigenvalue weighted by atomic mass is 10.1. The fourth-order valence-corrected chi connectivity index (χ4v) is 1.90. The van der Waals surface area contributed by atoms with Crippen LogP contribution >= 0.6 is 11.6 Å². The van der Waals surface area contributed by atoms with E-state index < -0.39 is 0 Å². The lowest BCUT2D eigenvalue weighted by Gasteiger charge is -2.10. The van der Waals surface area contributed by atoms with Gasteiger partial charge in [-0.3, -0.25) is 0 Å². The number of aryl methyl sites for hydroxylation is 1. The van der Waals surface area contributed by atoms with Gasteiger partial charge in [0.2, 0.25) is 0 Å². The van der Waals surface area contributed by atoms with Crippen LogP contribution in [-0.2, 0) is 6.54 Å². The molecular formula is C15H15ClN2O. The normalized spacial score (nSPS) is 10.0. The Morgan fingerprint density at radius 1 is 1.11 bits per heavy atom. The lowest BCUT2D eigenvalue weighted by Crippen LogP contribution is -2.28. The molecule has 0 aliphatic carbocycles. The molecule has 4 heteroatoms. The van der Waals surface area contributed by atoms with Gasteiger partial charge in [-0.1, -0.05) is 48.0 Å². The Morgan fingerprint density at radius 3 is 2.53 bits per heavy atom. The fourth-order valence-electron chi connectivity index (χ4n) is 1.71. The number of rotatable bonds is 3. The Hall–Kier alpha value is -2.00. The summed E-state index contributed by atoms with van der Waals surface area (Å²) in [5.41, 5.74) is 2.85. The molecule has 0 heterocycles. The van der Waals surface area contributed by atoms with Gasteiger partial charge in [0, 0.05) is 6.54 Å². The minimum absolute atomic E-state index is 0.267. The van der Waals surface area contributed by atoms with Gasteiger partial charge >= 0.3 is 6.03 Å². The van der Waals surface area contributed by atoms with Gasteiger partial charge in [0.1, 0.15) is 0 Å². The van der Waals surface area contributed by atoms with Gasteiger partial charge in [-0.2, -0.15) is 0 Å². The molecule has 0 aliphatic heterocycles. The first-order valence-corrected chi connectivity index (χ1v) is 6.38. The summed E-state index contributed by atoms with van der Waals surface area (Å²) in [6.07, 6.45) is 0. The van der Waals surface area contributed by atoms with Crippen LogP contribution in [0.1, 0.15) is 11.1 Å². The van der Waals surface area contributed by atoms with Crippen molar-refractivity contribution in [2.24, 2.45) is 0 Å². The van der Waals surface area contributed by atoms with E-state index in [0.29, 0.717) is 17.3 Å². The number of nitrogens with one attached hydrogen (secondary N) is 2. The summed E-state index contributed by atoms with van der Waals surface area (Å²) in [7, 11) is 0. The third-order valence-corrected chi connectivity index (χ3v) is 3.15. The summed E-state index contributed by atoms with van der Waals surface area (Å²) in [5, 5.41) is 6.05. The predicted molar refractivity (Wildman–Crippen MR) is 78.5 cm³/mol. The van der Waals surface area contributed by atoms with Crippen LogP contribution in [-0.4, -0.2) is 6.03 Å². The van der Waals surface area contributed by atoms with Gasteiger partial charge in [-0.15, -0.1) is 0 Å². The number of carbonyl (C=O) groups is 1. The first-order valence-electron chi connectivity index (χ1n) is 6.00. The maximum Gasteiger partial charge on any atom is 0.319 e. The molecule has 0 spiro atoms. The number of anilines is 1. The monoisotopic (exact) mass is 274 g/mol. The number of hydrogen-bond acceptors (Lipinski definition) is 1. The maximum atomic E-state index is 11.8. The van der Waals surface area contributed by atoms with E-state index in [1.54, 1.807) is 12.1 Å². The van der Waals surface area contributed by atoms with E-state index in [1.165, 1.54) is 0 Å². The molecule has 0 aliphatic rings. The van der Waals surface area contributed by atoms with E-state index in [0.717, 1.165) is 11.1 Å². The molecule has 98 valence electrons. The molecule has 0 bridgehead atoms. The molecule has 2 aromatic rings. The van der Waals surface area contributed by atoms with Gasteiger partial charge < -0.3 is 10.6 Å². The Labute approximate surface area is 117 Å². The highest BCUT2D eigenvalue weighted by molar-refractivity contribution is 6.33. The molecule has 0 aromatic heterocycles. The summed E-state index contributed by atoms with van der Waals surface area (Å²) >= 11 is 5.97. The third-order valence-electron chi connectivity index (χ3n) is 2.82. The quantitative estimate of drug-likeness (QED) is 0.874. The first-order chi connectivity index (χ1) is 9.16. The molecule has 2 amide bonds. The average molecular weight is 275 g/mol. The van der Waals surface area contributed by atoms with Crippen LogP contribution in [0.3, 0.4) is 0 Å². The third kappa shape index (κ3) is 3.73. The SMILES string of the molecule is Cc1ccccc1CNC(=O)Nc1ccccc1Cl. The molecule has 0 saturated heterocycles. The molecule has 0 saturated carbocycles. The Kier molecular flexibility index (Phi) is 4.42. The molecule has 3 nitrogen and oxygen atoms in total. The summed E-state index contributed by atoms with van der Waals surface area (Å²) < 4.78 is 0. The van der Waals surface area contributed by atoms with Crippen molar-refractivity contribution in [3.05, 3.63) is 64.7 Å². The van der Waals surface area contributed by atoms with Crippen molar-refractivity contribution < 1.29 is 4.79 Å². The second-order valence-corrected chi connectivity index (χ2v) is 4.62. The van der Waals surface area contributed by atoms with Crippen LogP contribution in [0.15, 0.2) is 48.5 Å². The van der Waals surface area contributed by atoms with Crippen molar-refractivity contribution in [3.8, 4) is 0 Å². The van der Waals surface area contributed by atoms with Gasteiger partial charge in [0.05, 0.1) is 10.7 Å². The summed E-state index contributed by atoms with van der Waals surface area (Å²) in [6, 6.07) is 14.8. The fraction of sp³-hybridized carbons (Fsp3) is 0.133. The summed E-state index contributed by atoms with van der Waals surface area (Å²) in [4.78, 5) is 11.8. The molecule has 0 fully saturated rings. The second-order valence-electron chi connectivity index (χ2n) is 4.21. The van der Waals surface area contributed by atoms with Gasteiger partial charge in [-0.25, -0.2) is 4.79 Å². The molecule has 19 heavy (non-hydrogen) atoms. The molecule has 2 aromatic carbocycles. The van der Waals surface area contributed by atoms with E-state index >= 15 is 0 Å². The Morgan fingerprint density at radius 2 is 1.79 bits per heavy atom. The summed E-state index contributed by atoms with van der Waals surface area (Å²) in [6.45, 7) is 2.51. The van der Waals surface area contributed by atoms with Crippen molar-refractivity contribution in [1.82, 2.24) is 5.32 Å². The van der Waals surface area contributed by atoms with Crippen molar-refractivity contribution in [1.29, 1.82) is 0 Å². The van der Waals surface area contributed by atoms with Crippen LogP contribution in [0.5, 0.6) is 0 Å². The number of amides is 2. The molecular weight excluding hydrogens is 260 g/mol. The van der Waals surface area contributed by atoms with E-state index in [4.69, 9.17) is 11.6 Å². The number of benzene rings is 2. The minimum atomic E-state index is -0.267. The highest BCUT2D eigenvalue weighted by Crippen LogP contribution is 2.20. The van der Waals surface area contributed by atoms with Gasteiger partial charge in [0.25, 0.3) is 0 Å². The summed E-state index contributed by atoms with van der Waals surface area (Å²) in [5.74, 6) is 0. The second kappa shape index (κ2) is 6.25. The zero-order valence-corrected chi connectivity index (χ0v) is 11.4. The smallest absolute Gasteiger partial charge is 0.319 e. The van der Waals surface area contributed by atoms with Crippen LogP contribution in [0, 0.1) is 6.92 Å². The van der Waals surface area contributed by atoms with Crippen LogP contribution in [0.4, 0.5) is 10.5 Å². The van der Waals surface area contributed by atoms with E-state index in [-0.39, 0.29) is 6.03 Å². The van der Waals surface area contributed by atoms with Gasteiger partial charge in [-0.05, 0) is 30.2 Å². The highest BCUT2D eigenvalue weighted by atomic mass is 35.5. The van der Waals surface area contributed by atoms with E-state index in [2.05, 4.69) is 10.6 Å². The van der Waals surface area contributed by atoms with Crippen molar-refractivity contribution >= 4 is 23.3 Å². The number of para-hydroxylation sites is 1. The number of hydrogen-bond donors (Lipinski definition) is 2. The minimum Gasteiger partial charge on any atom is -0.334 e.